The Labute approximate surface area is 142 Å². The van der Waals surface area contributed by atoms with Crippen LogP contribution in [-0.2, 0) is 10.3 Å². The molecule has 0 atom stereocenters. The maximum atomic E-state index is 12.8. The van der Waals surface area contributed by atoms with E-state index in [1.165, 1.54) is 0 Å². The molecule has 0 unspecified atom stereocenters. The zero-order valence-corrected chi connectivity index (χ0v) is 14.1. The van der Waals surface area contributed by atoms with E-state index < -0.39 is 5.60 Å². The Kier molecular flexibility index (Phi) is 4.58. The Morgan fingerprint density at radius 2 is 1.67 bits per heavy atom. The molecular weight excluding hydrogens is 302 g/mol. The van der Waals surface area contributed by atoms with E-state index in [-0.39, 0.29) is 11.7 Å². The van der Waals surface area contributed by atoms with Gasteiger partial charge in [-0.25, -0.2) is 4.79 Å². The first-order chi connectivity index (χ1) is 11.5. The maximum absolute atomic E-state index is 12.8. The summed E-state index contributed by atoms with van der Waals surface area (Å²) in [5.41, 5.74) is 2.29. The molecule has 1 saturated heterocycles. The van der Waals surface area contributed by atoms with Gasteiger partial charge in [-0.2, -0.15) is 0 Å². The molecule has 1 heterocycles. The minimum absolute atomic E-state index is 0.228. The lowest BCUT2D eigenvalue weighted by Gasteiger charge is -2.37. The van der Waals surface area contributed by atoms with Gasteiger partial charge in [-0.05, 0) is 55.8 Å². The number of phenols is 1. The molecule has 0 aliphatic carbocycles. The van der Waals surface area contributed by atoms with Crippen LogP contribution in [0.2, 0.25) is 0 Å². The average molecular weight is 325 g/mol. The molecule has 0 amide bonds. The summed E-state index contributed by atoms with van der Waals surface area (Å²) in [4.78, 5) is 12.8. The molecule has 3 rings (SSSR count). The van der Waals surface area contributed by atoms with Gasteiger partial charge in [0.25, 0.3) is 0 Å². The number of piperidine rings is 1. The molecule has 0 radical (unpaired) electrons. The number of aromatic hydroxyl groups is 1. The Bertz CT molecular complexity index is 711. The molecule has 0 saturated carbocycles. The normalized spacial score (nSPS) is 16.6. The maximum Gasteiger partial charge on any atom is 0.339 e. The topological polar surface area (TPSA) is 58.6 Å². The summed E-state index contributed by atoms with van der Waals surface area (Å²) in [5, 5.41) is 13.2. The van der Waals surface area contributed by atoms with Gasteiger partial charge in [0.15, 0.2) is 0 Å². The predicted molar refractivity (Wildman–Crippen MR) is 93.2 cm³/mol. The molecule has 1 aliphatic rings. The third-order valence-corrected chi connectivity index (χ3v) is 4.73. The monoisotopic (exact) mass is 325 g/mol. The summed E-state index contributed by atoms with van der Waals surface area (Å²) in [6.07, 6.45) is 1.50. The first-order valence-corrected chi connectivity index (χ1v) is 8.32. The smallest absolute Gasteiger partial charge is 0.339 e. The Balaban J connectivity index is 1.92. The lowest BCUT2D eigenvalue weighted by Crippen LogP contribution is -2.43. The summed E-state index contributed by atoms with van der Waals surface area (Å²) in [7, 11) is 0. The van der Waals surface area contributed by atoms with Crippen molar-refractivity contribution >= 4 is 5.97 Å². The van der Waals surface area contributed by atoms with Crippen molar-refractivity contribution in [2.24, 2.45) is 0 Å². The number of benzene rings is 2. The first kappa shape index (κ1) is 16.5. The van der Waals surface area contributed by atoms with Crippen LogP contribution in [0.25, 0.3) is 0 Å². The summed E-state index contributed by atoms with van der Waals surface area (Å²) in [6.45, 7) is 5.21. The number of esters is 1. The van der Waals surface area contributed by atoms with Crippen LogP contribution in [0.4, 0.5) is 0 Å². The van der Waals surface area contributed by atoms with Gasteiger partial charge in [-0.15, -0.1) is 0 Å². The molecule has 2 aromatic rings. The lowest BCUT2D eigenvalue weighted by atomic mass is 9.84. The van der Waals surface area contributed by atoms with Crippen LogP contribution in [0.3, 0.4) is 0 Å². The molecule has 0 spiro atoms. The largest absolute Gasteiger partial charge is 0.507 e. The van der Waals surface area contributed by atoms with E-state index in [0.29, 0.717) is 16.7 Å². The van der Waals surface area contributed by atoms with Crippen molar-refractivity contribution < 1.29 is 14.6 Å². The highest BCUT2D eigenvalue weighted by Crippen LogP contribution is 2.36. The third-order valence-electron chi connectivity index (χ3n) is 4.73. The van der Waals surface area contributed by atoms with Crippen molar-refractivity contribution in [2.45, 2.75) is 32.3 Å². The van der Waals surface area contributed by atoms with E-state index in [1.54, 1.807) is 26.0 Å². The van der Waals surface area contributed by atoms with Gasteiger partial charge in [0.1, 0.15) is 11.4 Å². The van der Waals surface area contributed by atoms with E-state index >= 15 is 0 Å². The van der Waals surface area contributed by atoms with Crippen molar-refractivity contribution in [3.63, 3.8) is 0 Å². The summed E-state index contributed by atoms with van der Waals surface area (Å²) in [5.74, 6) is -0.113. The van der Waals surface area contributed by atoms with Crippen LogP contribution in [0.5, 0.6) is 5.75 Å². The van der Waals surface area contributed by atoms with E-state index in [9.17, 15) is 9.90 Å². The van der Waals surface area contributed by atoms with E-state index in [2.05, 4.69) is 5.32 Å². The Morgan fingerprint density at radius 3 is 2.25 bits per heavy atom. The van der Waals surface area contributed by atoms with Crippen LogP contribution < -0.4 is 5.32 Å². The molecule has 2 N–H and O–H groups in total. The molecule has 24 heavy (non-hydrogen) atoms. The van der Waals surface area contributed by atoms with Crippen LogP contribution in [0, 0.1) is 13.8 Å². The molecule has 4 heteroatoms. The van der Waals surface area contributed by atoms with Crippen molar-refractivity contribution in [2.75, 3.05) is 13.1 Å². The molecule has 2 aromatic carbocycles. The van der Waals surface area contributed by atoms with Crippen molar-refractivity contribution in [1.82, 2.24) is 5.32 Å². The predicted octanol–water partition coefficient (Wildman–Crippen LogP) is 3.44. The number of rotatable bonds is 3. The summed E-state index contributed by atoms with van der Waals surface area (Å²) >= 11 is 0. The Morgan fingerprint density at radius 1 is 1.08 bits per heavy atom. The number of aryl methyl sites for hydroxylation is 2. The molecule has 1 fully saturated rings. The minimum Gasteiger partial charge on any atom is -0.507 e. The zero-order valence-electron chi connectivity index (χ0n) is 14.1. The SMILES string of the molecule is Cc1cc(C(=O)OC2(c3ccccc3)CCNCC2)cc(C)c1O. The van der Waals surface area contributed by atoms with Gasteiger partial charge >= 0.3 is 5.97 Å². The van der Waals surface area contributed by atoms with Gasteiger partial charge in [0.2, 0.25) is 0 Å². The fourth-order valence-corrected chi connectivity index (χ4v) is 3.33. The lowest BCUT2D eigenvalue weighted by molar-refractivity contribution is -0.0378. The standard InChI is InChI=1S/C20H23NO3/c1-14-12-16(13-15(2)18(14)22)19(23)24-20(8-10-21-11-9-20)17-6-4-3-5-7-17/h3-7,12-13,21-22H,8-11H2,1-2H3. The van der Waals surface area contributed by atoms with Crippen LogP contribution in [0.1, 0.15) is 39.9 Å². The number of nitrogens with one attached hydrogen (secondary N) is 1. The highest BCUT2D eigenvalue weighted by Gasteiger charge is 2.38. The van der Waals surface area contributed by atoms with E-state index in [1.807, 2.05) is 30.3 Å². The number of hydrogen-bond donors (Lipinski definition) is 2. The first-order valence-electron chi connectivity index (χ1n) is 8.32. The number of hydrogen-bond acceptors (Lipinski definition) is 4. The second-order valence-corrected chi connectivity index (χ2v) is 6.46. The number of ether oxygens (including phenoxy) is 1. The van der Waals surface area contributed by atoms with Crippen molar-refractivity contribution in [3.05, 3.63) is 64.7 Å². The summed E-state index contributed by atoms with van der Waals surface area (Å²) in [6, 6.07) is 13.3. The number of carbonyl (C=O) groups is 1. The van der Waals surface area contributed by atoms with Crippen LogP contribution >= 0.6 is 0 Å². The Hall–Kier alpha value is -2.33. The van der Waals surface area contributed by atoms with Gasteiger partial charge < -0.3 is 15.2 Å². The zero-order chi connectivity index (χ0) is 17.2. The van der Waals surface area contributed by atoms with Crippen molar-refractivity contribution in [3.8, 4) is 5.75 Å². The van der Waals surface area contributed by atoms with E-state index in [0.717, 1.165) is 31.5 Å². The second-order valence-electron chi connectivity index (χ2n) is 6.46. The molecule has 4 nitrogen and oxygen atoms in total. The fourth-order valence-electron chi connectivity index (χ4n) is 3.33. The minimum atomic E-state index is -0.594. The quantitative estimate of drug-likeness (QED) is 0.849. The van der Waals surface area contributed by atoms with Gasteiger partial charge in [-0.3, -0.25) is 0 Å². The third kappa shape index (κ3) is 3.15. The van der Waals surface area contributed by atoms with E-state index in [4.69, 9.17) is 4.74 Å². The van der Waals surface area contributed by atoms with Crippen molar-refractivity contribution in [1.29, 1.82) is 0 Å². The molecular formula is C20H23NO3. The fraction of sp³-hybridized carbons (Fsp3) is 0.350. The highest BCUT2D eigenvalue weighted by atomic mass is 16.6. The second kappa shape index (κ2) is 6.65. The number of carbonyl (C=O) groups excluding carboxylic acids is 1. The average Bonchev–Trinajstić information content (AvgIpc) is 2.60. The van der Waals surface area contributed by atoms with Crippen LogP contribution in [-0.4, -0.2) is 24.2 Å². The van der Waals surface area contributed by atoms with Gasteiger partial charge in [-0.1, -0.05) is 30.3 Å². The van der Waals surface area contributed by atoms with Gasteiger partial charge in [0.05, 0.1) is 5.56 Å². The highest BCUT2D eigenvalue weighted by molar-refractivity contribution is 5.90. The molecule has 0 aromatic heterocycles. The number of phenolic OH excluding ortho intramolecular Hbond substituents is 1. The molecule has 1 aliphatic heterocycles. The van der Waals surface area contributed by atoms with Crippen LogP contribution in [0.15, 0.2) is 42.5 Å². The van der Waals surface area contributed by atoms with Gasteiger partial charge in [0, 0.05) is 12.8 Å². The molecule has 0 bridgehead atoms. The molecule has 126 valence electrons. The summed E-state index contributed by atoms with van der Waals surface area (Å²) < 4.78 is 6.04.